The summed E-state index contributed by atoms with van der Waals surface area (Å²) in [6, 6.07) is 22.3. The van der Waals surface area contributed by atoms with E-state index in [9.17, 15) is 15.0 Å². The summed E-state index contributed by atoms with van der Waals surface area (Å²) in [5.74, 6) is 0.0107. The molecule has 136 valence electrons. The van der Waals surface area contributed by atoms with Gasteiger partial charge in [-0.1, -0.05) is 60.7 Å². The van der Waals surface area contributed by atoms with E-state index < -0.39 is 0 Å². The van der Waals surface area contributed by atoms with Crippen molar-refractivity contribution >= 4 is 39.5 Å². The highest BCUT2D eigenvalue weighted by molar-refractivity contribution is 6.07. The number of ketones is 1. The van der Waals surface area contributed by atoms with E-state index in [1.54, 1.807) is 24.3 Å². The molecule has 4 aromatic carbocycles. The summed E-state index contributed by atoms with van der Waals surface area (Å²) in [6.07, 6.45) is 6.07. The molecule has 0 unspecified atom stereocenters. The number of carbonyl (C=O) groups is 1. The predicted octanol–water partition coefficient (Wildman–Crippen LogP) is 5.70. The number of phenolic OH excluding ortho intramolecular Hbond substituents is 2. The van der Waals surface area contributed by atoms with E-state index in [-0.39, 0.29) is 17.3 Å². The third-order valence-electron chi connectivity index (χ3n) is 4.72. The number of aromatic hydroxyl groups is 2. The maximum absolute atomic E-state index is 12.3. The molecule has 0 aliphatic carbocycles. The summed E-state index contributed by atoms with van der Waals surface area (Å²) in [4.78, 5) is 12.3. The number of hydrogen-bond acceptors (Lipinski definition) is 3. The number of carbonyl (C=O) groups excluding carboxylic acids is 1. The SMILES string of the molecule is O=C(/C=C/c1c(O)ccc2ccccc12)/C=C/c1c(O)ccc2ccccc12. The molecule has 0 aromatic heterocycles. The quantitative estimate of drug-likeness (QED) is 0.456. The lowest BCUT2D eigenvalue weighted by Gasteiger charge is -2.05. The Labute approximate surface area is 162 Å². The molecule has 0 spiro atoms. The van der Waals surface area contributed by atoms with Gasteiger partial charge < -0.3 is 10.2 Å². The summed E-state index contributed by atoms with van der Waals surface area (Å²) >= 11 is 0. The van der Waals surface area contributed by atoms with Gasteiger partial charge in [0.25, 0.3) is 0 Å². The highest BCUT2D eigenvalue weighted by atomic mass is 16.3. The van der Waals surface area contributed by atoms with Gasteiger partial charge >= 0.3 is 0 Å². The van der Waals surface area contributed by atoms with Crippen LogP contribution < -0.4 is 0 Å². The number of hydrogen-bond donors (Lipinski definition) is 2. The van der Waals surface area contributed by atoms with Gasteiger partial charge in [-0.05, 0) is 58.0 Å². The number of benzene rings is 4. The van der Waals surface area contributed by atoms with E-state index in [0.717, 1.165) is 21.5 Å². The van der Waals surface area contributed by atoms with Crippen LogP contribution in [-0.4, -0.2) is 16.0 Å². The van der Waals surface area contributed by atoms with Crippen molar-refractivity contribution < 1.29 is 15.0 Å². The van der Waals surface area contributed by atoms with E-state index in [0.29, 0.717) is 11.1 Å². The highest BCUT2D eigenvalue weighted by Gasteiger charge is 2.05. The molecule has 0 radical (unpaired) electrons. The Bertz CT molecular complexity index is 1150. The van der Waals surface area contributed by atoms with Crippen LogP contribution in [0, 0.1) is 0 Å². The molecular formula is C25H18O3. The summed E-state index contributed by atoms with van der Waals surface area (Å²) < 4.78 is 0. The van der Waals surface area contributed by atoms with E-state index in [2.05, 4.69) is 0 Å². The Morgan fingerprint density at radius 1 is 0.607 bits per heavy atom. The molecule has 0 atom stereocenters. The van der Waals surface area contributed by atoms with Crippen LogP contribution in [0.5, 0.6) is 11.5 Å². The zero-order chi connectivity index (χ0) is 19.5. The zero-order valence-electron chi connectivity index (χ0n) is 15.0. The fourth-order valence-electron chi connectivity index (χ4n) is 3.30. The van der Waals surface area contributed by atoms with Gasteiger partial charge in [0.1, 0.15) is 11.5 Å². The third kappa shape index (κ3) is 3.38. The smallest absolute Gasteiger partial charge is 0.178 e. The van der Waals surface area contributed by atoms with Crippen molar-refractivity contribution in [3.8, 4) is 11.5 Å². The number of rotatable bonds is 4. The third-order valence-corrected chi connectivity index (χ3v) is 4.72. The lowest BCUT2D eigenvalue weighted by atomic mass is 10.0. The second-order valence-corrected chi connectivity index (χ2v) is 6.51. The minimum Gasteiger partial charge on any atom is -0.507 e. The van der Waals surface area contributed by atoms with Crippen LogP contribution in [0.2, 0.25) is 0 Å². The number of allylic oxidation sites excluding steroid dienone is 2. The molecule has 0 bridgehead atoms. The maximum Gasteiger partial charge on any atom is 0.178 e. The van der Waals surface area contributed by atoms with Crippen molar-refractivity contribution in [3.63, 3.8) is 0 Å². The molecule has 3 nitrogen and oxygen atoms in total. The van der Waals surface area contributed by atoms with Gasteiger partial charge in [-0.15, -0.1) is 0 Å². The first-order chi connectivity index (χ1) is 13.6. The maximum atomic E-state index is 12.3. The monoisotopic (exact) mass is 366 g/mol. The Hall–Kier alpha value is -3.85. The number of phenols is 2. The Morgan fingerprint density at radius 2 is 1.04 bits per heavy atom. The molecule has 28 heavy (non-hydrogen) atoms. The Balaban J connectivity index is 1.64. The second-order valence-electron chi connectivity index (χ2n) is 6.51. The van der Waals surface area contributed by atoms with Crippen LogP contribution in [0.3, 0.4) is 0 Å². The molecule has 0 saturated carbocycles. The molecule has 0 aliphatic rings. The van der Waals surface area contributed by atoms with Crippen molar-refractivity contribution in [2.24, 2.45) is 0 Å². The zero-order valence-corrected chi connectivity index (χ0v) is 15.0. The topological polar surface area (TPSA) is 57.5 Å². The van der Waals surface area contributed by atoms with Crippen LogP contribution in [-0.2, 0) is 4.79 Å². The van der Waals surface area contributed by atoms with Crippen molar-refractivity contribution in [1.29, 1.82) is 0 Å². The molecule has 4 rings (SSSR count). The van der Waals surface area contributed by atoms with Crippen LogP contribution in [0.4, 0.5) is 0 Å². The van der Waals surface area contributed by atoms with E-state index in [4.69, 9.17) is 0 Å². The first-order valence-corrected chi connectivity index (χ1v) is 8.95. The first kappa shape index (κ1) is 17.6. The lowest BCUT2D eigenvalue weighted by molar-refractivity contribution is -0.110. The van der Waals surface area contributed by atoms with Crippen LogP contribution in [0.1, 0.15) is 11.1 Å². The second kappa shape index (κ2) is 7.41. The van der Waals surface area contributed by atoms with Gasteiger partial charge in [0, 0.05) is 11.1 Å². The van der Waals surface area contributed by atoms with E-state index >= 15 is 0 Å². The molecular weight excluding hydrogens is 348 g/mol. The molecule has 0 amide bonds. The normalized spacial score (nSPS) is 11.7. The van der Waals surface area contributed by atoms with Gasteiger partial charge in [-0.25, -0.2) is 0 Å². The van der Waals surface area contributed by atoms with Gasteiger partial charge in [-0.3, -0.25) is 4.79 Å². The highest BCUT2D eigenvalue weighted by Crippen LogP contribution is 2.29. The van der Waals surface area contributed by atoms with Gasteiger partial charge in [0.05, 0.1) is 0 Å². The Kier molecular flexibility index (Phi) is 4.65. The summed E-state index contributed by atoms with van der Waals surface area (Å²) in [5.41, 5.74) is 1.21. The van der Waals surface area contributed by atoms with Crippen molar-refractivity contribution in [1.82, 2.24) is 0 Å². The van der Waals surface area contributed by atoms with Gasteiger partial charge in [0.15, 0.2) is 5.78 Å². The summed E-state index contributed by atoms with van der Waals surface area (Å²) in [7, 11) is 0. The number of fused-ring (bicyclic) bond motifs is 2. The van der Waals surface area contributed by atoms with Crippen LogP contribution in [0.25, 0.3) is 33.7 Å². The van der Waals surface area contributed by atoms with Crippen molar-refractivity contribution in [2.75, 3.05) is 0 Å². The van der Waals surface area contributed by atoms with E-state index in [1.807, 2.05) is 60.7 Å². The minimum atomic E-state index is -0.236. The molecule has 3 heteroatoms. The van der Waals surface area contributed by atoms with Gasteiger partial charge in [0.2, 0.25) is 0 Å². The predicted molar refractivity (Wildman–Crippen MR) is 114 cm³/mol. The van der Waals surface area contributed by atoms with Gasteiger partial charge in [-0.2, -0.15) is 0 Å². The Morgan fingerprint density at radius 3 is 1.50 bits per heavy atom. The minimum absolute atomic E-state index is 0.124. The van der Waals surface area contributed by atoms with Crippen molar-refractivity contribution in [3.05, 3.63) is 96.1 Å². The fraction of sp³-hybridized carbons (Fsp3) is 0. The standard InChI is InChI=1S/C25H18O3/c26-19(11-13-22-20-7-3-1-5-17(20)9-15-24(22)27)12-14-23-21-8-4-2-6-18(21)10-16-25(23)28/h1-16,27-28H/b13-11+,14-12+. The largest absolute Gasteiger partial charge is 0.507 e. The molecule has 0 fully saturated rings. The molecule has 2 N–H and O–H groups in total. The molecule has 0 heterocycles. The van der Waals surface area contributed by atoms with Crippen LogP contribution in [0.15, 0.2) is 84.9 Å². The summed E-state index contributed by atoms with van der Waals surface area (Å²) in [5, 5.41) is 24.1. The van der Waals surface area contributed by atoms with E-state index in [1.165, 1.54) is 12.2 Å². The first-order valence-electron chi connectivity index (χ1n) is 8.95. The lowest BCUT2D eigenvalue weighted by Crippen LogP contribution is -1.87. The molecule has 0 aliphatic heterocycles. The molecule has 4 aromatic rings. The van der Waals surface area contributed by atoms with Crippen molar-refractivity contribution in [2.45, 2.75) is 0 Å². The fourth-order valence-corrected chi connectivity index (χ4v) is 3.30. The molecule has 0 saturated heterocycles. The van der Waals surface area contributed by atoms with Crippen LogP contribution >= 0.6 is 0 Å². The average Bonchev–Trinajstić information content (AvgIpc) is 2.72. The summed E-state index contributed by atoms with van der Waals surface area (Å²) in [6.45, 7) is 0. The average molecular weight is 366 g/mol.